The van der Waals surface area contributed by atoms with Gasteiger partial charge in [0.2, 0.25) is 10.0 Å². The van der Waals surface area contributed by atoms with Crippen molar-refractivity contribution in [2.75, 3.05) is 13.7 Å². The topological polar surface area (TPSA) is 93.7 Å². The van der Waals surface area contributed by atoms with Gasteiger partial charge in [-0.3, -0.25) is 4.79 Å². The fourth-order valence-corrected chi connectivity index (χ4v) is 4.42. The van der Waals surface area contributed by atoms with Crippen molar-refractivity contribution in [3.05, 3.63) is 53.6 Å². The quantitative estimate of drug-likeness (QED) is 0.653. The first-order valence-corrected chi connectivity index (χ1v) is 11.1. The Labute approximate surface area is 171 Å². The zero-order valence-corrected chi connectivity index (χ0v) is 17.6. The third kappa shape index (κ3) is 5.27. The first-order chi connectivity index (χ1) is 13.8. The van der Waals surface area contributed by atoms with E-state index in [0.717, 1.165) is 24.2 Å². The van der Waals surface area contributed by atoms with Crippen molar-refractivity contribution in [2.45, 2.75) is 43.7 Å². The second-order valence-corrected chi connectivity index (χ2v) is 8.64. The number of methoxy groups -OCH3 is 1. The molecule has 0 bridgehead atoms. The summed E-state index contributed by atoms with van der Waals surface area (Å²) in [5.74, 6) is 0.562. The number of nitrogens with one attached hydrogen (secondary N) is 2. The van der Waals surface area contributed by atoms with E-state index in [-0.39, 0.29) is 34.2 Å². The van der Waals surface area contributed by atoms with Crippen LogP contribution in [-0.2, 0) is 10.0 Å². The number of hydrogen-bond acceptors (Lipinski definition) is 5. The van der Waals surface area contributed by atoms with Gasteiger partial charge in [0.25, 0.3) is 5.91 Å². The molecule has 1 amide bonds. The fraction of sp³-hybridized carbons (Fsp3) is 0.381. The summed E-state index contributed by atoms with van der Waals surface area (Å²) in [5, 5.41) is 2.90. The first-order valence-electron chi connectivity index (χ1n) is 9.58. The average molecular weight is 419 g/mol. The van der Waals surface area contributed by atoms with Crippen LogP contribution >= 0.6 is 0 Å². The molecule has 8 heteroatoms. The van der Waals surface area contributed by atoms with Crippen molar-refractivity contribution in [2.24, 2.45) is 0 Å². The lowest BCUT2D eigenvalue weighted by Crippen LogP contribution is -2.28. The maximum absolute atomic E-state index is 12.8. The van der Waals surface area contributed by atoms with Crippen molar-refractivity contribution < 1.29 is 22.7 Å². The van der Waals surface area contributed by atoms with Crippen LogP contribution in [0.4, 0.5) is 0 Å². The Morgan fingerprint density at radius 1 is 1.21 bits per heavy atom. The highest BCUT2D eigenvalue weighted by atomic mass is 32.2. The van der Waals surface area contributed by atoms with Crippen LogP contribution in [0.3, 0.4) is 0 Å². The Morgan fingerprint density at radius 2 is 1.97 bits per heavy atom. The molecule has 1 fully saturated rings. The Morgan fingerprint density at radius 3 is 2.62 bits per heavy atom. The van der Waals surface area contributed by atoms with E-state index < -0.39 is 10.0 Å². The van der Waals surface area contributed by atoms with E-state index in [1.165, 1.54) is 19.2 Å². The molecule has 29 heavy (non-hydrogen) atoms. The molecule has 2 aromatic rings. The molecule has 0 aliphatic heterocycles. The molecule has 1 atom stereocenters. The van der Waals surface area contributed by atoms with Gasteiger partial charge in [0.05, 0.1) is 19.8 Å². The highest BCUT2D eigenvalue weighted by Gasteiger charge is 2.30. The van der Waals surface area contributed by atoms with Gasteiger partial charge in [-0.25, -0.2) is 13.1 Å². The minimum Gasteiger partial charge on any atom is -0.495 e. The molecular formula is C21H26N2O5S. The summed E-state index contributed by atoms with van der Waals surface area (Å²) in [5.41, 5.74) is 1.14. The monoisotopic (exact) mass is 418 g/mol. The molecule has 156 valence electrons. The number of carbonyl (C=O) groups excluding carboxylic acids is 1. The Kier molecular flexibility index (Phi) is 6.44. The molecular weight excluding hydrogens is 392 g/mol. The van der Waals surface area contributed by atoms with Gasteiger partial charge in [0.1, 0.15) is 16.4 Å². The average Bonchev–Trinajstić information content (AvgIpc) is 3.51. The number of rotatable bonds is 9. The van der Waals surface area contributed by atoms with Crippen LogP contribution in [0.2, 0.25) is 0 Å². The summed E-state index contributed by atoms with van der Waals surface area (Å²) in [6, 6.07) is 11.6. The number of ether oxygens (including phenoxy) is 2. The molecule has 1 unspecified atom stereocenters. The van der Waals surface area contributed by atoms with Crippen molar-refractivity contribution >= 4 is 15.9 Å². The van der Waals surface area contributed by atoms with Crippen molar-refractivity contribution in [3.8, 4) is 11.5 Å². The van der Waals surface area contributed by atoms with E-state index in [4.69, 9.17) is 9.47 Å². The van der Waals surface area contributed by atoms with Crippen LogP contribution in [-0.4, -0.2) is 34.1 Å². The van der Waals surface area contributed by atoms with E-state index in [1.54, 1.807) is 6.07 Å². The predicted octanol–water partition coefficient (Wildman–Crippen LogP) is 3.03. The Bertz CT molecular complexity index is 986. The van der Waals surface area contributed by atoms with E-state index in [0.29, 0.717) is 6.61 Å². The maximum atomic E-state index is 12.8. The molecule has 2 aromatic carbocycles. The third-order valence-corrected chi connectivity index (χ3v) is 6.17. The van der Waals surface area contributed by atoms with Crippen molar-refractivity contribution in [3.63, 3.8) is 0 Å². The largest absolute Gasteiger partial charge is 0.495 e. The Hall–Kier alpha value is -2.58. The number of hydrogen-bond donors (Lipinski definition) is 2. The van der Waals surface area contributed by atoms with E-state index >= 15 is 0 Å². The van der Waals surface area contributed by atoms with Crippen LogP contribution in [0.5, 0.6) is 11.5 Å². The molecule has 1 aliphatic rings. The van der Waals surface area contributed by atoms with Gasteiger partial charge < -0.3 is 14.8 Å². The van der Waals surface area contributed by atoms with Crippen LogP contribution in [0.15, 0.2) is 47.4 Å². The molecule has 0 radical (unpaired) electrons. The van der Waals surface area contributed by atoms with Gasteiger partial charge in [-0.2, -0.15) is 0 Å². The van der Waals surface area contributed by atoms with Gasteiger partial charge in [-0.1, -0.05) is 12.1 Å². The van der Waals surface area contributed by atoms with Crippen molar-refractivity contribution in [1.82, 2.24) is 10.0 Å². The highest BCUT2D eigenvalue weighted by Crippen LogP contribution is 2.28. The zero-order chi connectivity index (χ0) is 21.0. The molecule has 7 nitrogen and oxygen atoms in total. The van der Waals surface area contributed by atoms with Crippen LogP contribution < -0.4 is 19.5 Å². The predicted molar refractivity (Wildman–Crippen MR) is 110 cm³/mol. The van der Waals surface area contributed by atoms with Crippen LogP contribution in [0.25, 0.3) is 0 Å². The van der Waals surface area contributed by atoms with E-state index in [2.05, 4.69) is 10.0 Å². The second kappa shape index (κ2) is 8.84. The summed E-state index contributed by atoms with van der Waals surface area (Å²) in [4.78, 5) is 12.7. The standard InChI is InChI=1S/C21H26N2O5S/c1-4-28-18-7-5-6-15(12-18)14(2)22-21(24)16-8-11-19(27-3)20(13-16)29(25,26)23-17-9-10-17/h5-8,11-14,17,23H,4,9-10H2,1-3H3,(H,22,24). The van der Waals surface area contributed by atoms with Crippen LogP contribution in [0, 0.1) is 0 Å². The summed E-state index contributed by atoms with van der Waals surface area (Å²) in [7, 11) is -2.36. The first kappa shape index (κ1) is 21.1. The third-order valence-electron chi connectivity index (χ3n) is 4.63. The lowest BCUT2D eigenvalue weighted by atomic mass is 10.1. The van der Waals surface area contributed by atoms with Gasteiger partial charge >= 0.3 is 0 Å². The van der Waals surface area contributed by atoms with Crippen LogP contribution in [0.1, 0.15) is 48.7 Å². The molecule has 0 heterocycles. The normalized spacial score (nSPS) is 14.9. The molecule has 0 saturated heterocycles. The SMILES string of the molecule is CCOc1cccc(C(C)NC(=O)c2ccc(OC)c(S(=O)(=O)NC3CC3)c2)c1. The Balaban J connectivity index is 1.80. The fourth-order valence-electron chi connectivity index (χ4n) is 2.92. The summed E-state index contributed by atoms with van der Waals surface area (Å²) in [6.45, 7) is 4.33. The second-order valence-electron chi connectivity index (χ2n) is 6.96. The van der Waals surface area contributed by atoms with Gasteiger partial charge in [-0.15, -0.1) is 0 Å². The summed E-state index contributed by atoms with van der Waals surface area (Å²) >= 11 is 0. The van der Waals surface area contributed by atoms with Gasteiger partial charge in [-0.05, 0) is 62.6 Å². The van der Waals surface area contributed by atoms with Gasteiger partial charge in [0, 0.05) is 11.6 Å². The molecule has 3 rings (SSSR count). The molecule has 1 aliphatic carbocycles. The van der Waals surface area contributed by atoms with Gasteiger partial charge in [0.15, 0.2) is 0 Å². The van der Waals surface area contributed by atoms with E-state index in [9.17, 15) is 13.2 Å². The number of amides is 1. The molecule has 0 aromatic heterocycles. The lowest BCUT2D eigenvalue weighted by molar-refractivity contribution is 0.0939. The summed E-state index contributed by atoms with van der Waals surface area (Å²) in [6.07, 6.45) is 1.64. The smallest absolute Gasteiger partial charge is 0.251 e. The number of benzene rings is 2. The summed E-state index contributed by atoms with van der Waals surface area (Å²) < 4.78 is 38.6. The minimum atomic E-state index is -3.76. The lowest BCUT2D eigenvalue weighted by Gasteiger charge is -2.17. The van der Waals surface area contributed by atoms with Crippen molar-refractivity contribution in [1.29, 1.82) is 0 Å². The minimum absolute atomic E-state index is 0.0365. The number of carbonyl (C=O) groups is 1. The molecule has 0 spiro atoms. The molecule has 1 saturated carbocycles. The van der Waals surface area contributed by atoms with E-state index in [1.807, 2.05) is 38.1 Å². The highest BCUT2D eigenvalue weighted by molar-refractivity contribution is 7.89. The number of sulfonamides is 1. The maximum Gasteiger partial charge on any atom is 0.251 e. The zero-order valence-electron chi connectivity index (χ0n) is 16.8. The molecule has 2 N–H and O–H groups in total.